The van der Waals surface area contributed by atoms with E-state index in [1.54, 1.807) is 49.6 Å². The maximum atomic E-state index is 14.0. The normalized spacial score (nSPS) is 11.5. The minimum atomic E-state index is -4.62. The average Bonchev–Trinajstić information content (AvgIpc) is 2.96. The van der Waals surface area contributed by atoms with Crippen LogP contribution >= 0.6 is 0 Å². The van der Waals surface area contributed by atoms with Crippen LogP contribution in [0.5, 0.6) is 5.75 Å². The van der Waals surface area contributed by atoms with Gasteiger partial charge in [0.2, 0.25) is 5.78 Å². The number of rotatable bonds is 8. The minimum Gasteiger partial charge on any atom is -0.497 e. The second-order valence-corrected chi connectivity index (χ2v) is 9.10. The summed E-state index contributed by atoms with van der Waals surface area (Å²) in [7, 11) is 1.62. The van der Waals surface area contributed by atoms with Crippen molar-refractivity contribution in [1.29, 1.82) is 0 Å². The summed E-state index contributed by atoms with van der Waals surface area (Å²) in [5, 5.41) is 3.73. The number of pyridine rings is 1. The van der Waals surface area contributed by atoms with Crippen molar-refractivity contribution in [2.75, 3.05) is 7.11 Å². The maximum Gasteiger partial charge on any atom is 0.418 e. The summed E-state index contributed by atoms with van der Waals surface area (Å²) in [6, 6.07) is 29.3. The van der Waals surface area contributed by atoms with Crippen LogP contribution in [0.25, 0.3) is 22.0 Å². The molecule has 0 aliphatic rings. The van der Waals surface area contributed by atoms with E-state index in [1.165, 1.54) is 6.07 Å². The van der Waals surface area contributed by atoms with Crippen LogP contribution < -0.4 is 10.1 Å². The Hall–Kier alpha value is -4.49. The van der Waals surface area contributed by atoms with E-state index >= 15 is 0 Å². The standard InChI is InChI=1S/C32H25F3N2O2/c1-39-25-15-13-21(14-16-25)19-36-20-22-7-5-10-24(17-22)27-18-29(31(38)23-8-3-2-4-9-23)37-30-26(27)11-6-12-28(30)32(33,34)35/h2-18,36H,19-20H2,1H3. The van der Waals surface area contributed by atoms with Crippen molar-refractivity contribution in [3.8, 4) is 16.9 Å². The van der Waals surface area contributed by atoms with Gasteiger partial charge in [0.1, 0.15) is 11.4 Å². The predicted octanol–water partition coefficient (Wildman–Crippen LogP) is 7.45. The van der Waals surface area contributed by atoms with Crippen molar-refractivity contribution in [1.82, 2.24) is 10.3 Å². The van der Waals surface area contributed by atoms with Gasteiger partial charge >= 0.3 is 6.18 Å². The Labute approximate surface area is 224 Å². The molecule has 0 fully saturated rings. The molecule has 39 heavy (non-hydrogen) atoms. The second-order valence-electron chi connectivity index (χ2n) is 9.10. The van der Waals surface area contributed by atoms with Crippen molar-refractivity contribution in [3.05, 3.63) is 131 Å². The highest BCUT2D eigenvalue weighted by Crippen LogP contribution is 2.38. The first kappa shape index (κ1) is 26.1. The monoisotopic (exact) mass is 526 g/mol. The summed E-state index contributed by atoms with van der Waals surface area (Å²) in [6.45, 7) is 1.18. The van der Waals surface area contributed by atoms with Gasteiger partial charge < -0.3 is 10.1 Å². The van der Waals surface area contributed by atoms with Gasteiger partial charge in [0.15, 0.2) is 0 Å². The molecule has 5 rings (SSSR count). The van der Waals surface area contributed by atoms with Crippen LogP contribution in [0, 0.1) is 0 Å². The smallest absolute Gasteiger partial charge is 0.418 e. The SMILES string of the molecule is COc1ccc(CNCc2cccc(-c3cc(C(=O)c4ccccc4)nc4c(C(F)(F)F)cccc34)c2)cc1. The van der Waals surface area contributed by atoms with Gasteiger partial charge in [-0.2, -0.15) is 13.2 Å². The van der Waals surface area contributed by atoms with E-state index in [0.29, 0.717) is 35.2 Å². The number of halogens is 3. The molecule has 0 atom stereocenters. The van der Waals surface area contributed by atoms with E-state index in [1.807, 2.05) is 48.5 Å². The number of carbonyl (C=O) groups excluding carboxylic acids is 1. The van der Waals surface area contributed by atoms with E-state index in [2.05, 4.69) is 10.3 Å². The molecule has 196 valence electrons. The maximum absolute atomic E-state index is 14.0. The largest absolute Gasteiger partial charge is 0.497 e. The van der Waals surface area contributed by atoms with E-state index in [9.17, 15) is 18.0 Å². The molecule has 0 bridgehead atoms. The van der Waals surface area contributed by atoms with Crippen LogP contribution in [0.3, 0.4) is 0 Å². The highest BCUT2D eigenvalue weighted by atomic mass is 19.4. The van der Waals surface area contributed by atoms with Crippen LogP contribution in [0.2, 0.25) is 0 Å². The number of hydrogen-bond acceptors (Lipinski definition) is 4. The van der Waals surface area contributed by atoms with Crippen molar-refractivity contribution < 1.29 is 22.7 Å². The summed E-state index contributed by atoms with van der Waals surface area (Å²) in [4.78, 5) is 17.5. The summed E-state index contributed by atoms with van der Waals surface area (Å²) < 4.78 is 47.1. The summed E-state index contributed by atoms with van der Waals surface area (Å²) in [5.74, 6) is 0.350. The molecule has 7 heteroatoms. The minimum absolute atomic E-state index is 0.0385. The van der Waals surface area contributed by atoms with Gasteiger partial charge in [-0.1, -0.05) is 72.8 Å². The number of ether oxygens (including phenoxy) is 1. The lowest BCUT2D eigenvalue weighted by molar-refractivity contribution is -0.136. The van der Waals surface area contributed by atoms with Gasteiger partial charge in [-0.05, 0) is 52.6 Å². The molecule has 1 heterocycles. The molecule has 0 amide bonds. The van der Waals surface area contributed by atoms with Crippen LogP contribution in [-0.2, 0) is 19.3 Å². The number of aromatic nitrogens is 1. The molecule has 0 saturated heterocycles. The predicted molar refractivity (Wildman–Crippen MR) is 146 cm³/mol. The number of nitrogens with zero attached hydrogens (tertiary/aromatic N) is 1. The molecule has 1 aromatic heterocycles. The van der Waals surface area contributed by atoms with Gasteiger partial charge in [0, 0.05) is 24.0 Å². The highest BCUT2D eigenvalue weighted by molar-refractivity contribution is 6.10. The number of para-hydroxylation sites is 1. The number of methoxy groups -OCH3 is 1. The molecule has 0 saturated carbocycles. The van der Waals surface area contributed by atoms with E-state index in [4.69, 9.17) is 4.74 Å². The number of hydrogen-bond donors (Lipinski definition) is 1. The number of carbonyl (C=O) groups is 1. The van der Waals surface area contributed by atoms with Crippen molar-refractivity contribution in [2.24, 2.45) is 0 Å². The first-order chi connectivity index (χ1) is 18.8. The van der Waals surface area contributed by atoms with Gasteiger partial charge in [0.05, 0.1) is 18.2 Å². The number of alkyl halides is 3. The second kappa shape index (κ2) is 11.1. The lowest BCUT2D eigenvalue weighted by Crippen LogP contribution is -2.12. The number of nitrogens with one attached hydrogen (secondary N) is 1. The molecule has 0 spiro atoms. The van der Waals surface area contributed by atoms with Crippen molar-refractivity contribution in [3.63, 3.8) is 0 Å². The quantitative estimate of drug-likeness (QED) is 0.213. The fourth-order valence-electron chi connectivity index (χ4n) is 4.51. The summed E-state index contributed by atoms with van der Waals surface area (Å²) in [5.41, 5.74) is 2.46. The van der Waals surface area contributed by atoms with Crippen molar-refractivity contribution >= 4 is 16.7 Å². The molecular formula is C32H25F3N2O2. The average molecular weight is 527 g/mol. The third-order valence-corrected chi connectivity index (χ3v) is 6.47. The zero-order valence-corrected chi connectivity index (χ0v) is 21.1. The van der Waals surface area contributed by atoms with Gasteiger partial charge in [-0.15, -0.1) is 0 Å². The fraction of sp³-hybridized carbons (Fsp3) is 0.125. The van der Waals surface area contributed by atoms with Gasteiger partial charge in [-0.3, -0.25) is 4.79 Å². The first-order valence-electron chi connectivity index (χ1n) is 12.4. The Kier molecular flexibility index (Phi) is 7.43. The highest BCUT2D eigenvalue weighted by Gasteiger charge is 2.34. The van der Waals surface area contributed by atoms with Crippen LogP contribution in [-0.4, -0.2) is 17.9 Å². The van der Waals surface area contributed by atoms with E-state index in [0.717, 1.165) is 22.9 Å². The topological polar surface area (TPSA) is 51.2 Å². The summed E-state index contributed by atoms with van der Waals surface area (Å²) in [6.07, 6.45) is -4.62. The van der Waals surface area contributed by atoms with E-state index < -0.39 is 17.5 Å². The molecule has 0 aliphatic heterocycles. The molecule has 5 aromatic rings. The van der Waals surface area contributed by atoms with Crippen molar-refractivity contribution in [2.45, 2.75) is 19.3 Å². The van der Waals surface area contributed by atoms with Gasteiger partial charge in [0.25, 0.3) is 0 Å². The lowest BCUT2D eigenvalue weighted by atomic mass is 9.95. The van der Waals surface area contributed by atoms with E-state index in [-0.39, 0.29) is 11.2 Å². The zero-order valence-electron chi connectivity index (χ0n) is 21.1. The molecular weight excluding hydrogens is 501 g/mol. The Morgan fingerprint density at radius 3 is 2.26 bits per heavy atom. The first-order valence-corrected chi connectivity index (χ1v) is 12.4. The lowest BCUT2D eigenvalue weighted by Gasteiger charge is -2.15. The summed E-state index contributed by atoms with van der Waals surface area (Å²) >= 11 is 0. The third kappa shape index (κ3) is 5.84. The molecule has 4 aromatic carbocycles. The number of fused-ring (bicyclic) bond motifs is 1. The number of ketones is 1. The van der Waals surface area contributed by atoms with Crippen LogP contribution in [0.1, 0.15) is 32.7 Å². The molecule has 0 radical (unpaired) electrons. The van der Waals surface area contributed by atoms with Crippen LogP contribution in [0.15, 0.2) is 103 Å². The molecule has 1 N–H and O–H groups in total. The number of benzene rings is 4. The van der Waals surface area contributed by atoms with Gasteiger partial charge in [-0.25, -0.2) is 4.98 Å². The third-order valence-electron chi connectivity index (χ3n) is 6.47. The molecule has 4 nitrogen and oxygen atoms in total. The Morgan fingerprint density at radius 2 is 1.54 bits per heavy atom. The van der Waals surface area contributed by atoms with Crippen LogP contribution in [0.4, 0.5) is 13.2 Å². The zero-order chi connectivity index (χ0) is 27.4. The Balaban J connectivity index is 1.52. The Morgan fingerprint density at radius 1 is 0.821 bits per heavy atom. The molecule has 0 unspecified atom stereocenters. The fourth-order valence-corrected chi connectivity index (χ4v) is 4.51. The Bertz CT molecular complexity index is 1620. The molecule has 0 aliphatic carbocycles.